The molecule has 1 aliphatic heterocycles. The molecule has 298 valence electrons. The first-order chi connectivity index (χ1) is 28.1. The third-order valence-electron chi connectivity index (χ3n) is 10.2. The molecule has 0 radical (unpaired) electrons. The summed E-state index contributed by atoms with van der Waals surface area (Å²) >= 11 is 1.54. The number of aromatic nitrogens is 2. The number of aliphatic hydroxyl groups is 1. The average Bonchev–Trinajstić information content (AvgIpc) is 3.26. The highest BCUT2D eigenvalue weighted by molar-refractivity contribution is 7.99. The largest absolute Gasteiger partial charge is 0.392 e. The van der Waals surface area contributed by atoms with E-state index in [1.807, 2.05) is 104 Å². The fourth-order valence-corrected chi connectivity index (χ4v) is 9.04. The lowest BCUT2D eigenvalue weighted by molar-refractivity contribution is -0.268. The summed E-state index contributed by atoms with van der Waals surface area (Å²) in [4.78, 5) is 22.6. The molecule has 6 aromatic rings. The van der Waals surface area contributed by atoms with Gasteiger partial charge in [-0.15, -0.1) is 0 Å². The van der Waals surface area contributed by atoms with Gasteiger partial charge in [0.1, 0.15) is 6.04 Å². The number of nitrogens with one attached hydrogen (secondary N) is 2. The van der Waals surface area contributed by atoms with Crippen LogP contribution in [0, 0.1) is 12.8 Å². The molecule has 0 saturated carbocycles. The Morgan fingerprint density at radius 3 is 2.19 bits per heavy atom. The van der Waals surface area contributed by atoms with Gasteiger partial charge in [0.15, 0.2) is 11.4 Å². The first kappa shape index (κ1) is 41.0. The number of aliphatic hydroxyl groups excluding tert-OH is 1. The molecule has 0 spiro atoms. The van der Waals surface area contributed by atoms with E-state index in [4.69, 9.17) is 9.47 Å². The molecular weight excluding hydrogens is 769 g/mol. The molecule has 1 aliphatic rings. The van der Waals surface area contributed by atoms with E-state index in [0.29, 0.717) is 10.9 Å². The number of nitrogens with zero attached hydrogens (tertiary/aromatic N) is 2. The van der Waals surface area contributed by atoms with Crippen LogP contribution in [0.3, 0.4) is 0 Å². The van der Waals surface area contributed by atoms with Crippen LogP contribution in [0.5, 0.6) is 0 Å². The van der Waals surface area contributed by atoms with Crippen LogP contribution in [0.1, 0.15) is 52.7 Å². The fraction of sp³-hybridized carbons (Fsp3) is 0.239. The zero-order valence-corrected chi connectivity index (χ0v) is 33.9. The van der Waals surface area contributed by atoms with Crippen LogP contribution in [0.15, 0.2) is 156 Å². The molecule has 3 N–H and O–H groups in total. The van der Waals surface area contributed by atoms with Crippen molar-refractivity contribution in [3.8, 4) is 11.1 Å². The highest BCUT2D eigenvalue weighted by atomic mass is 32.2. The number of carbonyl (C=O) groups is 1. The van der Waals surface area contributed by atoms with E-state index in [9.17, 15) is 18.3 Å². The maximum atomic E-state index is 13.7. The Morgan fingerprint density at radius 1 is 0.776 bits per heavy atom. The molecule has 0 bridgehead atoms. The molecule has 1 amide bonds. The van der Waals surface area contributed by atoms with Gasteiger partial charge in [0.25, 0.3) is 0 Å². The van der Waals surface area contributed by atoms with Crippen LogP contribution in [-0.4, -0.2) is 47.3 Å². The molecule has 0 aliphatic carbocycles. The number of thioether (sulfide) groups is 1. The summed E-state index contributed by atoms with van der Waals surface area (Å²) in [5.74, 6) is 0.205. The van der Waals surface area contributed by atoms with Crippen molar-refractivity contribution in [1.82, 2.24) is 20.0 Å². The van der Waals surface area contributed by atoms with Crippen molar-refractivity contribution in [1.29, 1.82) is 0 Å². The second-order valence-corrected chi connectivity index (χ2v) is 17.1. The van der Waals surface area contributed by atoms with Crippen LogP contribution in [0.25, 0.3) is 11.1 Å². The van der Waals surface area contributed by atoms with Crippen LogP contribution >= 0.6 is 11.8 Å². The van der Waals surface area contributed by atoms with Crippen molar-refractivity contribution < 1.29 is 27.8 Å². The molecule has 1 fully saturated rings. The Kier molecular flexibility index (Phi) is 13.4. The standard InChI is InChI=1S/C46H46N4O6S2/c1-31-15-21-40(22-16-31)58(53,54)50-41(26-33-9-4-3-5-10-33)44(52)49-28-35-11-6-12-37(25-35)38-13-7-14-39(27-38)45-55-42(30-57-46-47-23-8-24-48-46)32(2)43(56-45)36-19-17-34(29-51)18-20-36/h3-25,27,32,41-43,45,50-51H,26,28-30H2,1-2H3,(H,49,52)/t32-,41-,42+,43+,45+/m1/s1. The van der Waals surface area contributed by atoms with Gasteiger partial charge in [0, 0.05) is 36.2 Å². The predicted octanol–water partition coefficient (Wildman–Crippen LogP) is 7.73. The molecule has 58 heavy (non-hydrogen) atoms. The average molecular weight is 815 g/mol. The normalized spacial score (nSPS) is 18.7. The first-order valence-corrected chi connectivity index (χ1v) is 21.6. The Labute approximate surface area is 344 Å². The van der Waals surface area contributed by atoms with Crippen molar-refractivity contribution in [3.63, 3.8) is 0 Å². The fourth-order valence-electron chi connectivity index (χ4n) is 6.87. The van der Waals surface area contributed by atoms with Gasteiger partial charge in [-0.3, -0.25) is 4.79 Å². The zero-order valence-electron chi connectivity index (χ0n) is 32.3. The van der Waals surface area contributed by atoms with Crippen LogP contribution in [0.4, 0.5) is 0 Å². The summed E-state index contributed by atoms with van der Waals surface area (Å²) < 4.78 is 42.8. The molecule has 5 aromatic carbocycles. The monoisotopic (exact) mass is 814 g/mol. The third kappa shape index (κ3) is 10.4. The van der Waals surface area contributed by atoms with E-state index in [-0.39, 0.29) is 42.6 Å². The maximum Gasteiger partial charge on any atom is 0.241 e. The minimum atomic E-state index is -3.97. The molecule has 10 nitrogen and oxygen atoms in total. The topological polar surface area (TPSA) is 140 Å². The number of benzene rings is 5. The number of rotatable bonds is 15. The second-order valence-electron chi connectivity index (χ2n) is 14.4. The van der Waals surface area contributed by atoms with Crippen LogP contribution in [-0.2, 0) is 43.9 Å². The van der Waals surface area contributed by atoms with Gasteiger partial charge in [0.2, 0.25) is 15.9 Å². The number of amides is 1. The zero-order chi connectivity index (χ0) is 40.5. The molecular formula is C46H46N4O6S2. The van der Waals surface area contributed by atoms with E-state index in [0.717, 1.165) is 44.5 Å². The number of ether oxygens (including phenoxy) is 2. The number of sulfonamides is 1. The van der Waals surface area contributed by atoms with Crippen molar-refractivity contribution >= 4 is 27.7 Å². The lowest BCUT2D eigenvalue weighted by atomic mass is 9.91. The Balaban J connectivity index is 1.08. The molecule has 1 aromatic heterocycles. The Hall–Kier alpha value is -5.21. The van der Waals surface area contributed by atoms with Crippen molar-refractivity contribution in [2.45, 2.75) is 68.0 Å². The maximum absolute atomic E-state index is 13.7. The predicted molar refractivity (Wildman–Crippen MR) is 225 cm³/mol. The highest BCUT2D eigenvalue weighted by Crippen LogP contribution is 2.43. The molecule has 12 heteroatoms. The van der Waals surface area contributed by atoms with Crippen molar-refractivity contribution in [2.24, 2.45) is 5.92 Å². The van der Waals surface area contributed by atoms with Crippen LogP contribution < -0.4 is 10.0 Å². The van der Waals surface area contributed by atoms with E-state index in [2.05, 4.69) is 33.0 Å². The van der Waals surface area contributed by atoms with Gasteiger partial charge in [-0.05, 0) is 77.1 Å². The lowest BCUT2D eigenvalue weighted by Gasteiger charge is -2.41. The third-order valence-corrected chi connectivity index (χ3v) is 12.6. The smallest absolute Gasteiger partial charge is 0.241 e. The van der Waals surface area contributed by atoms with Gasteiger partial charge >= 0.3 is 0 Å². The summed E-state index contributed by atoms with van der Waals surface area (Å²) in [6, 6.07) is 40.4. The molecule has 2 heterocycles. The number of aryl methyl sites for hydroxylation is 1. The van der Waals surface area contributed by atoms with Crippen molar-refractivity contribution in [3.05, 3.63) is 179 Å². The van der Waals surface area contributed by atoms with E-state index in [1.54, 1.807) is 42.4 Å². The number of carbonyl (C=O) groups excluding carboxylic acids is 1. The number of hydrogen-bond acceptors (Lipinski definition) is 9. The lowest BCUT2D eigenvalue weighted by Crippen LogP contribution is -2.47. The summed E-state index contributed by atoms with van der Waals surface area (Å²) in [5, 5.41) is 13.3. The highest BCUT2D eigenvalue weighted by Gasteiger charge is 2.38. The van der Waals surface area contributed by atoms with E-state index in [1.165, 1.54) is 12.1 Å². The molecule has 7 rings (SSSR count). The quantitative estimate of drug-likeness (QED) is 0.0702. The van der Waals surface area contributed by atoms with Gasteiger partial charge < -0.3 is 19.9 Å². The first-order valence-electron chi connectivity index (χ1n) is 19.2. The van der Waals surface area contributed by atoms with Gasteiger partial charge in [0.05, 0.1) is 23.7 Å². The van der Waals surface area contributed by atoms with Crippen LogP contribution in [0.2, 0.25) is 0 Å². The Morgan fingerprint density at radius 2 is 1.47 bits per heavy atom. The molecule has 1 saturated heterocycles. The van der Waals surface area contributed by atoms with Gasteiger partial charge in [-0.1, -0.05) is 127 Å². The van der Waals surface area contributed by atoms with Gasteiger partial charge in [-0.2, -0.15) is 4.72 Å². The van der Waals surface area contributed by atoms with Gasteiger partial charge in [-0.25, -0.2) is 18.4 Å². The summed E-state index contributed by atoms with van der Waals surface area (Å²) in [6.07, 6.45) is 2.53. The summed E-state index contributed by atoms with van der Waals surface area (Å²) in [6.45, 7) is 4.17. The molecule has 0 unspecified atom stereocenters. The second kappa shape index (κ2) is 19.0. The van der Waals surface area contributed by atoms with E-state index >= 15 is 0 Å². The summed E-state index contributed by atoms with van der Waals surface area (Å²) in [7, 11) is -3.97. The molecule has 5 atom stereocenters. The van der Waals surface area contributed by atoms with E-state index < -0.39 is 28.3 Å². The SMILES string of the molecule is Cc1ccc(S(=O)(=O)N[C@H](Cc2ccccc2)C(=O)NCc2cccc(-c3cccc([C@H]4O[C@@H](CSc5ncccn5)[C@@H](C)[C@@H](c5ccc(CO)cc5)O4)c3)c2)cc1. The Bertz CT molecular complexity index is 2380. The minimum Gasteiger partial charge on any atom is -0.392 e. The van der Waals surface area contributed by atoms with Crippen molar-refractivity contribution in [2.75, 3.05) is 5.75 Å². The summed E-state index contributed by atoms with van der Waals surface area (Å²) in [5.41, 5.74) is 7.18. The number of hydrogen-bond donors (Lipinski definition) is 3. The minimum absolute atomic E-state index is 0.00715.